The van der Waals surface area contributed by atoms with Crippen molar-refractivity contribution in [2.45, 2.75) is 0 Å². The van der Waals surface area contributed by atoms with Crippen molar-refractivity contribution < 1.29 is 19.4 Å². The quantitative estimate of drug-likeness (QED) is 0.598. The fraction of sp³-hybridized carbons (Fsp3) is 0.235. The van der Waals surface area contributed by atoms with E-state index in [0.717, 1.165) is 17.4 Å². The highest BCUT2D eigenvalue weighted by Gasteiger charge is 2.11. The fourth-order valence-corrected chi connectivity index (χ4v) is 2.02. The number of carbonyl (C=O) groups is 1. The lowest BCUT2D eigenvalue weighted by Crippen LogP contribution is -2.10. The van der Waals surface area contributed by atoms with Crippen LogP contribution in [0.2, 0.25) is 0 Å². The van der Waals surface area contributed by atoms with E-state index in [0.29, 0.717) is 24.5 Å². The van der Waals surface area contributed by atoms with Gasteiger partial charge in [-0.2, -0.15) is 0 Å². The minimum Gasteiger partial charge on any atom is -0.490 e. The smallest absolute Gasteiger partial charge is 0.153 e. The summed E-state index contributed by atoms with van der Waals surface area (Å²) in [5.74, 6) is 0.561. The van der Waals surface area contributed by atoms with Crippen LogP contribution in [0.3, 0.4) is 0 Å². The van der Waals surface area contributed by atoms with Gasteiger partial charge in [0, 0.05) is 5.56 Å². The monoisotopic (exact) mass is 286 g/mol. The van der Waals surface area contributed by atoms with E-state index in [4.69, 9.17) is 14.6 Å². The van der Waals surface area contributed by atoms with Gasteiger partial charge in [0.15, 0.2) is 6.29 Å². The van der Waals surface area contributed by atoms with Crippen molar-refractivity contribution in [2.24, 2.45) is 0 Å². The Hall–Kier alpha value is -2.17. The number of hydrogen-bond acceptors (Lipinski definition) is 4. The van der Waals surface area contributed by atoms with E-state index in [1.54, 1.807) is 6.07 Å². The SMILES string of the molecule is O=Cc1cccc(-c2ccccc2)c1OCCOCCO. The molecule has 110 valence electrons. The van der Waals surface area contributed by atoms with Gasteiger partial charge in [0.2, 0.25) is 0 Å². The van der Waals surface area contributed by atoms with Crippen molar-refractivity contribution in [3.63, 3.8) is 0 Å². The lowest BCUT2D eigenvalue weighted by atomic mass is 10.0. The molecule has 0 heterocycles. The first kappa shape index (κ1) is 15.2. The Labute approximate surface area is 123 Å². The molecule has 0 aliphatic carbocycles. The van der Waals surface area contributed by atoms with E-state index >= 15 is 0 Å². The maximum atomic E-state index is 11.2. The minimum absolute atomic E-state index is 0.0137. The molecule has 2 rings (SSSR count). The lowest BCUT2D eigenvalue weighted by molar-refractivity contribution is 0.0704. The van der Waals surface area contributed by atoms with Gasteiger partial charge in [-0.15, -0.1) is 0 Å². The van der Waals surface area contributed by atoms with E-state index in [1.165, 1.54) is 0 Å². The summed E-state index contributed by atoms with van der Waals surface area (Å²) in [6, 6.07) is 15.2. The van der Waals surface area contributed by atoms with Crippen LogP contribution in [0.5, 0.6) is 5.75 Å². The Morgan fingerprint density at radius 3 is 2.48 bits per heavy atom. The van der Waals surface area contributed by atoms with Crippen molar-refractivity contribution in [3.05, 3.63) is 54.1 Å². The first-order valence-corrected chi connectivity index (χ1v) is 6.82. The number of benzene rings is 2. The molecule has 0 aliphatic heterocycles. The van der Waals surface area contributed by atoms with E-state index < -0.39 is 0 Å². The number of hydrogen-bond donors (Lipinski definition) is 1. The first-order chi connectivity index (χ1) is 10.4. The van der Waals surface area contributed by atoms with Gasteiger partial charge < -0.3 is 14.6 Å². The highest BCUT2D eigenvalue weighted by atomic mass is 16.5. The number of aliphatic hydroxyl groups excluding tert-OH is 1. The van der Waals surface area contributed by atoms with Crippen LogP contribution in [0.4, 0.5) is 0 Å². The molecule has 0 atom stereocenters. The highest BCUT2D eigenvalue weighted by molar-refractivity contribution is 5.86. The number of para-hydroxylation sites is 1. The predicted molar refractivity (Wildman–Crippen MR) is 80.7 cm³/mol. The number of ether oxygens (including phenoxy) is 2. The molecule has 0 bridgehead atoms. The van der Waals surface area contributed by atoms with Gasteiger partial charge in [0.25, 0.3) is 0 Å². The molecule has 0 spiro atoms. The Morgan fingerprint density at radius 1 is 0.952 bits per heavy atom. The van der Waals surface area contributed by atoms with Gasteiger partial charge in [-0.05, 0) is 11.6 Å². The van der Waals surface area contributed by atoms with Crippen LogP contribution in [0, 0.1) is 0 Å². The second-order valence-electron chi connectivity index (χ2n) is 4.39. The van der Waals surface area contributed by atoms with E-state index in [1.807, 2.05) is 42.5 Å². The largest absolute Gasteiger partial charge is 0.490 e. The molecule has 0 amide bonds. The van der Waals surface area contributed by atoms with Crippen LogP contribution in [0.25, 0.3) is 11.1 Å². The summed E-state index contributed by atoms with van der Waals surface area (Å²) in [7, 11) is 0. The zero-order valence-electron chi connectivity index (χ0n) is 11.7. The average molecular weight is 286 g/mol. The van der Waals surface area contributed by atoms with Crippen molar-refractivity contribution in [1.29, 1.82) is 0 Å². The maximum absolute atomic E-state index is 11.2. The topological polar surface area (TPSA) is 55.8 Å². The number of carbonyl (C=O) groups excluding carboxylic acids is 1. The van der Waals surface area contributed by atoms with Crippen LogP contribution >= 0.6 is 0 Å². The fourth-order valence-electron chi connectivity index (χ4n) is 2.02. The van der Waals surface area contributed by atoms with E-state index in [2.05, 4.69) is 0 Å². The third-order valence-electron chi connectivity index (χ3n) is 2.97. The molecule has 1 N–H and O–H groups in total. The molecular formula is C17H18O4. The molecule has 4 heteroatoms. The second-order valence-corrected chi connectivity index (χ2v) is 4.39. The predicted octanol–water partition coefficient (Wildman–Crippen LogP) is 2.55. The Balaban J connectivity index is 2.19. The van der Waals surface area contributed by atoms with Crippen LogP contribution in [0.1, 0.15) is 10.4 Å². The average Bonchev–Trinajstić information content (AvgIpc) is 2.55. The Morgan fingerprint density at radius 2 is 1.76 bits per heavy atom. The first-order valence-electron chi connectivity index (χ1n) is 6.82. The van der Waals surface area contributed by atoms with Gasteiger partial charge in [-0.25, -0.2) is 0 Å². The molecule has 2 aromatic carbocycles. The summed E-state index contributed by atoms with van der Waals surface area (Å²) < 4.78 is 10.9. The Kier molecular flexibility index (Phi) is 5.94. The molecule has 4 nitrogen and oxygen atoms in total. The molecule has 0 saturated heterocycles. The van der Waals surface area contributed by atoms with Gasteiger partial charge in [0.05, 0.1) is 25.4 Å². The Bertz CT molecular complexity index is 566. The molecular weight excluding hydrogens is 268 g/mol. The van der Waals surface area contributed by atoms with Crippen LogP contribution in [-0.2, 0) is 4.74 Å². The van der Waals surface area contributed by atoms with Crippen molar-refractivity contribution in [1.82, 2.24) is 0 Å². The molecule has 0 saturated carbocycles. The molecule has 0 unspecified atom stereocenters. The minimum atomic E-state index is -0.0137. The molecule has 0 aliphatic rings. The van der Waals surface area contributed by atoms with E-state index in [9.17, 15) is 4.79 Å². The van der Waals surface area contributed by atoms with Crippen molar-refractivity contribution in [2.75, 3.05) is 26.4 Å². The standard InChI is InChI=1S/C17H18O4/c18-9-10-20-11-12-21-17-15(13-19)7-4-8-16(17)14-5-2-1-3-6-14/h1-8,13,18H,9-12H2. The van der Waals surface area contributed by atoms with Crippen molar-refractivity contribution in [3.8, 4) is 16.9 Å². The molecule has 0 radical (unpaired) electrons. The van der Waals surface area contributed by atoms with Gasteiger partial charge in [-0.3, -0.25) is 4.79 Å². The highest BCUT2D eigenvalue weighted by Crippen LogP contribution is 2.32. The zero-order chi connectivity index (χ0) is 14.9. The molecule has 0 fully saturated rings. The van der Waals surface area contributed by atoms with Gasteiger partial charge in [-0.1, -0.05) is 42.5 Å². The number of aliphatic hydroxyl groups is 1. The summed E-state index contributed by atoms with van der Waals surface area (Å²) in [5, 5.41) is 8.65. The molecule has 2 aromatic rings. The van der Waals surface area contributed by atoms with E-state index in [-0.39, 0.29) is 13.2 Å². The maximum Gasteiger partial charge on any atom is 0.153 e. The second kappa shape index (κ2) is 8.19. The summed E-state index contributed by atoms with van der Waals surface area (Å²) in [6.45, 7) is 0.955. The number of rotatable bonds is 8. The van der Waals surface area contributed by atoms with Gasteiger partial charge in [0.1, 0.15) is 12.4 Å². The van der Waals surface area contributed by atoms with Crippen LogP contribution in [-0.4, -0.2) is 37.8 Å². The van der Waals surface area contributed by atoms with Gasteiger partial charge >= 0.3 is 0 Å². The lowest BCUT2D eigenvalue weighted by Gasteiger charge is -2.14. The zero-order valence-corrected chi connectivity index (χ0v) is 11.7. The summed E-state index contributed by atoms with van der Waals surface area (Å²) in [6.07, 6.45) is 0.788. The van der Waals surface area contributed by atoms with Crippen LogP contribution < -0.4 is 4.74 Å². The third kappa shape index (κ3) is 4.15. The molecule has 21 heavy (non-hydrogen) atoms. The molecule has 0 aromatic heterocycles. The summed E-state index contributed by atoms with van der Waals surface area (Å²) >= 11 is 0. The summed E-state index contributed by atoms with van der Waals surface area (Å²) in [5.41, 5.74) is 2.38. The third-order valence-corrected chi connectivity index (χ3v) is 2.97. The number of aldehydes is 1. The van der Waals surface area contributed by atoms with Crippen molar-refractivity contribution >= 4 is 6.29 Å². The normalized spacial score (nSPS) is 10.3. The summed E-state index contributed by atoms with van der Waals surface area (Å²) in [4.78, 5) is 11.2. The van der Waals surface area contributed by atoms with Crippen LogP contribution in [0.15, 0.2) is 48.5 Å².